The monoisotopic (exact) mass is 444 g/mol. The van der Waals surface area contributed by atoms with Gasteiger partial charge in [0.2, 0.25) is 15.9 Å². The van der Waals surface area contributed by atoms with Crippen LogP contribution in [0.2, 0.25) is 10.0 Å². The molecule has 1 atom stereocenters. The first-order chi connectivity index (χ1) is 13.3. The third kappa shape index (κ3) is 4.71. The number of hydrogen-bond acceptors (Lipinski definition) is 4. The molecule has 28 heavy (non-hydrogen) atoms. The highest BCUT2D eigenvalue weighted by atomic mass is 35.5. The number of carbonyl (C=O) groups is 1. The van der Waals surface area contributed by atoms with Gasteiger partial charge in [0.05, 0.1) is 34.3 Å². The Morgan fingerprint density at radius 3 is 2.68 bits per heavy atom. The molecule has 0 unspecified atom stereocenters. The average molecular weight is 445 g/mol. The van der Waals surface area contributed by atoms with Crippen molar-refractivity contribution in [2.75, 3.05) is 13.1 Å². The smallest absolute Gasteiger partial charge is 0.244 e. The molecular formula is C19H22Cl2N2O4S. The van der Waals surface area contributed by atoms with Crippen molar-refractivity contribution >= 4 is 39.1 Å². The molecule has 0 N–H and O–H groups in total. The molecule has 1 aliphatic rings. The summed E-state index contributed by atoms with van der Waals surface area (Å²) in [5.41, 5.74) is 0. The summed E-state index contributed by atoms with van der Waals surface area (Å²) in [6.07, 6.45) is 4.38. The molecule has 1 fully saturated rings. The number of nitrogens with zero attached hydrogens (tertiary/aromatic N) is 2. The number of sulfonamides is 1. The molecule has 1 saturated heterocycles. The van der Waals surface area contributed by atoms with Crippen molar-refractivity contribution in [1.29, 1.82) is 0 Å². The second-order valence-corrected chi connectivity index (χ2v) is 9.61. The van der Waals surface area contributed by atoms with Crippen molar-refractivity contribution in [3.63, 3.8) is 0 Å². The van der Waals surface area contributed by atoms with Crippen LogP contribution in [-0.2, 0) is 21.4 Å². The minimum absolute atomic E-state index is 0.0204. The van der Waals surface area contributed by atoms with Crippen LogP contribution in [0.1, 0.15) is 31.9 Å². The summed E-state index contributed by atoms with van der Waals surface area (Å²) in [7, 11) is -3.98. The number of carbonyl (C=O) groups excluding carboxylic acids is 1. The third-order valence-corrected chi connectivity index (χ3v) is 7.40. The van der Waals surface area contributed by atoms with Gasteiger partial charge in [-0.05, 0) is 56.5 Å². The van der Waals surface area contributed by atoms with E-state index >= 15 is 0 Å². The largest absolute Gasteiger partial charge is 0.468 e. The molecular weight excluding hydrogens is 423 g/mol. The van der Waals surface area contributed by atoms with Crippen molar-refractivity contribution < 1.29 is 17.6 Å². The van der Waals surface area contributed by atoms with E-state index in [1.165, 1.54) is 24.5 Å². The number of halogens is 2. The predicted molar refractivity (Wildman–Crippen MR) is 108 cm³/mol. The summed E-state index contributed by atoms with van der Waals surface area (Å²) in [6, 6.07) is 7.55. The van der Waals surface area contributed by atoms with Crippen LogP contribution >= 0.6 is 23.2 Å². The summed E-state index contributed by atoms with van der Waals surface area (Å²) in [5, 5.41) is 0.396. The zero-order chi connectivity index (χ0) is 20.3. The fourth-order valence-corrected chi connectivity index (χ4v) is 5.04. The maximum absolute atomic E-state index is 13.2. The Bertz CT molecular complexity index is 931. The lowest BCUT2D eigenvalue weighted by Crippen LogP contribution is -2.47. The van der Waals surface area contributed by atoms with E-state index in [1.54, 1.807) is 17.0 Å². The van der Waals surface area contributed by atoms with Crippen molar-refractivity contribution in [3.8, 4) is 0 Å². The highest BCUT2D eigenvalue weighted by molar-refractivity contribution is 7.89. The minimum Gasteiger partial charge on any atom is -0.468 e. The maximum atomic E-state index is 13.2. The van der Waals surface area contributed by atoms with E-state index in [2.05, 4.69) is 0 Å². The topological polar surface area (TPSA) is 70.8 Å². The molecule has 0 radical (unpaired) electrons. The quantitative estimate of drug-likeness (QED) is 0.669. The molecule has 0 bridgehead atoms. The summed E-state index contributed by atoms with van der Waals surface area (Å²) < 4.78 is 32.9. The number of piperidine rings is 1. The highest BCUT2D eigenvalue weighted by Crippen LogP contribution is 2.27. The molecule has 1 aliphatic heterocycles. The first-order valence-corrected chi connectivity index (χ1v) is 11.3. The van der Waals surface area contributed by atoms with E-state index in [4.69, 9.17) is 27.6 Å². The van der Waals surface area contributed by atoms with Crippen LogP contribution < -0.4 is 0 Å². The van der Waals surface area contributed by atoms with E-state index < -0.39 is 10.0 Å². The van der Waals surface area contributed by atoms with Gasteiger partial charge in [0, 0.05) is 12.6 Å². The van der Waals surface area contributed by atoms with Crippen molar-refractivity contribution in [1.82, 2.24) is 9.21 Å². The Hall–Kier alpha value is -1.54. The van der Waals surface area contributed by atoms with Gasteiger partial charge in [-0.3, -0.25) is 4.79 Å². The van der Waals surface area contributed by atoms with Crippen LogP contribution in [0.3, 0.4) is 0 Å². The van der Waals surface area contributed by atoms with Gasteiger partial charge in [-0.15, -0.1) is 0 Å². The van der Waals surface area contributed by atoms with Crippen LogP contribution in [0.5, 0.6) is 0 Å². The Morgan fingerprint density at radius 2 is 2.04 bits per heavy atom. The van der Waals surface area contributed by atoms with Gasteiger partial charge in [0.25, 0.3) is 0 Å². The van der Waals surface area contributed by atoms with Crippen LogP contribution in [0.4, 0.5) is 0 Å². The van der Waals surface area contributed by atoms with Gasteiger partial charge < -0.3 is 9.32 Å². The molecule has 2 heterocycles. The average Bonchev–Trinajstić information content (AvgIpc) is 3.16. The van der Waals surface area contributed by atoms with Crippen molar-refractivity contribution in [3.05, 3.63) is 52.4 Å². The molecule has 1 amide bonds. The fraction of sp³-hybridized carbons (Fsp3) is 0.421. The number of benzene rings is 1. The normalized spacial score (nSPS) is 17.9. The molecule has 6 nitrogen and oxygen atoms in total. The van der Waals surface area contributed by atoms with Crippen molar-refractivity contribution in [2.45, 2.75) is 43.7 Å². The number of likely N-dealkylation sites (tertiary alicyclic amines) is 1. The molecule has 0 spiro atoms. The minimum atomic E-state index is -3.98. The maximum Gasteiger partial charge on any atom is 0.244 e. The van der Waals surface area contributed by atoms with E-state index in [-0.39, 0.29) is 40.0 Å². The molecule has 9 heteroatoms. The first-order valence-electron chi connectivity index (χ1n) is 9.06. The lowest BCUT2D eigenvalue weighted by atomic mass is 10.0. The zero-order valence-corrected chi connectivity index (χ0v) is 17.8. The number of furan rings is 1. The highest BCUT2D eigenvalue weighted by Gasteiger charge is 2.31. The second kappa shape index (κ2) is 8.86. The van der Waals surface area contributed by atoms with Gasteiger partial charge in [0.15, 0.2) is 0 Å². The molecule has 0 aliphatic carbocycles. The molecule has 152 valence electrons. The summed E-state index contributed by atoms with van der Waals surface area (Å²) in [4.78, 5) is 14.6. The summed E-state index contributed by atoms with van der Waals surface area (Å²) in [5.74, 6) is 0.227. The SMILES string of the molecule is C[C@@H]1CCCCN1C(=O)CN(Cc1ccco1)S(=O)(=O)c1ccc(Cl)c(Cl)c1. The first kappa shape index (κ1) is 21.2. The third-order valence-electron chi connectivity index (χ3n) is 4.88. The summed E-state index contributed by atoms with van der Waals surface area (Å²) in [6.45, 7) is 2.31. The number of hydrogen-bond donors (Lipinski definition) is 0. The lowest BCUT2D eigenvalue weighted by molar-refractivity contribution is -0.134. The Labute approximate surface area is 175 Å². The zero-order valence-electron chi connectivity index (χ0n) is 15.5. The predicted octanol–water partition coefficient (Wildman–Crippen LogP) is 4.18. The number of rotatable bonds is 6. The van der Waals surface area contributed by atoms with Crippen LogP contribution in [0.25, 0.3) is 0 Å². The van der Waals surface area contributed by atoms with Gasteiger partial charge in [-0.25, -0.2) is 8.42 Å². The summed E-state index contributed by atoms with van der Waals surface area (Å²) >= 11 is 11.9. The number of amides is 1. The van der Waals surface area contributed by atoms with E-state index in [1.807, 2.05) is 6.92 Å². The fourth-order valence-electron chi connectivity index (χ4n) is 3.30. The molecule has 0 saturated carbocycles. The molecule has 1 aromatic heterocycles. The Kier molecular flexibility index (Phi) is 6.70. The second-order valence-electron chi connectivity index (χ2n) is 6.86. The van der Waals surface area contributed by atoms with Gasteiger partial charge in [-0.2, -0.15) is 4.31 Å². The van der Waals surface area contributed by atoms with Crippen LogP contribution in [0.15, 0.2) is 45.9 Å². The Morgan fingerprint density at radius 1 is 1.25 bits per heavy atom. The van der Waals surface area contributed by atoms with Gasteiger partial charge >= 0.3 is 0 Å². The Balaban J connectivity index is 1.89. The molecule has 2 aromatic rings. The van der Waals surface area contributed by atoms with Crippen LogP contribution in [0, 0.1) is 0 Å². The standard InChI is InChI=1S/C19H22Cl2N2O4S/c1-14-5-2-3-9-23(14)19(24)13-22(12-15-6-4-10-27-15)28(25,26)16-7-8-17(20)18(21)11-16/h4,6-8,10-11,14H,2-3,5,9,12-13H2,1H3/t14-/m1/s1. The van der Waals surface area contributed by atoms with Gasteiger partial charge in [0.1, 0.15) is 5.76 Å². The van der Waals surface area contributed by atoms with E-state index in [0.717, 1.165) is 23.6 Å². The van der Waals surface area contributed by atoms with E-state index in [0.29, 0.717) is 12.3 Å². The van der Waals surface area contributed by atoms with Gasteiger partial charge in [-0.1, -0.05) is 23.2 Å². The lowest BCUT2D eigenvalue weighted by Gasteiger charge is -2.34. The van der Waals surface area contributed by atoms with Crippen molar-refractivity contribution in [2.24, 2.45) is 0 Å². The molecule has 1 aromatic carbocycles. The van der Waals surface area contributed by atoms with Crippen LogP contribution in [-0.4, -0.2) is 42.7 Å². The van der Waals surface area contributed by atoms with E-state index in [9.17, 15) is 13.2 Å². The molecule has 3 rings (SSSR count).